The van der Waals surface area contributed by atoms with Gasteiger partial charge in [-0.15, -0.1) is 0 Å². The van der Waals surface area contributed by atoms with E-state index in [1.165, 1.54) is 25.0 Å². The van der Waals surface area contributed by atoms with Crippen LogP contribution >= 0.6 is 23.8 Å². The van der Waals surface area contributed by atoms with Crippen LogP contribution in [0.25, 0.3) is 0 Å². The van der Waals surface area contributed by atoms with E-state index in [4.69, 9.17) is 28.6 Å². The zero-order valence-corrected chi connectivity index (χ0v) is 14.2. The first-order chi connectivity index (χ1) is 11.1. The van der Waals surface area contributed by atoms with E-state index in [-0.39, 0.29) is 12.4 Å². The van der Waals surface area contributed by atoms with Crippen LogP contribution in [0.2, 0.25) is 5.02 Å². The second-order valence-electron chi connectivity index (χ2n) is 5.56. The summed E-state index contributed by atoms with van der Waals surface area (Å²) in [7, 11) is 0. The van der Waals surface area contributed by atoms with Crippen molar-refractivity contribution in [2.45, 2.75) is 19.4 Å². The first-order valence-corrected chi connectivity index (χ1v) is 8.38. The van der Waals surface area contributed by atoms with E-state index < -0.39 is 0 Å². The van der Waals surface area contributed by atoms with Crippen LogP contribution in [0.4, 0.5) is 4.39 Å². The molecule has 0 aliphatic carbocycles. The van der Waals surface area contributed by atoms with E-state index in [9.17, 15) is 4.39 Å². The molecule has 2 nitrogen and oxygen atoms in total. The third kappa shape index (κ3) is 4.01. The largest absolute Gasteiger partial charge is 0.487 e. The van der Waals surface area contributed by atoms with E-state index in [0.717, 1.165) is 29.2 Å². The van der Waals surface area contributed by atoms with Crippen molar-refractivity contribution in [3.63, 3.8) is 0 Å². The van der Waals surface area contributed by atoms with Gasteiger partial charge < -0.3 is 9.64 Å². The Bertz CT molecular complexity index is 716. The summed E-state index contributed by atoms with van der Waals surface area (Å²) < 4.78 is 18.8. The van der Waals surface area contributed by atoms with Gasteiger partial charge in [0.2, 0.25) is 0 Å². The van der Waals surface area contributed by atoms with Crippen molar-refractivity contribution in [2.75, 3.05) is 13.1 Å². The summed E-state index contributed by atoms with van der Waals surface area (Å²) in [4.78, 5) is 3.04. The van der Waals surface area contributed by atoms with Crippen molar-refractivity contribution in [1.82, 2.24) is 4.90 Å². The first-order valence-electron chi connectivity index (χ1n) is 7.59. The molecule has 0 N–H and O–H groups in total. The Balaban J connectivity index is 1.68. The quantitative estimate of drug-likeness (QED) is 0.733. The molecule has 0 spiro atoms. The summed E-state index contributed by atoms with van der Waals surface area (Å²) in [5.41, 5.74) is 1.70. The Kier molecular flexibility index (Phi) is 5.13. The second kappa shape index (κ2) is 7.28. The van der Waals surface area contributed by atoms with Gasteiger partial charge in [0.25, 0.3) is 0 Å². The molecule has 3 rings (SSSR count). The van der Waals surface area contributed by atoms with Gasteiger partial charge >= 0.3 is 0 Å². The van der Waals surface area contributed by atoms with Crippen LogP contribution in [-0.4, -0.2) is 23.0 Å². The van der Waals surface area contributed by atoms with Crippen molar-refractivity contribution in [3.05, 3.63) is 64.4 Å². The van der Waals surface area contributed by atoms with Gasteiger partial charge in [-0.25, -0.2) is 4.39 Å². The fourth-order valence-electron chi connectivity index (χ4n) is 2.64. The van der Waals surface area contributed by atoms with Crippen LogP contribution in [0.3, 0.4) is 0 Å². The molecule has 0 aromatic heterocycles. The fraction of sp³-hybridized carbons (Fsp3) is 0.278. The maximum absolute atomic E-state index is 13.2. The molecule has 0 radical (unpaired) electrons. The molecule has 0 bridgehead atoms. The summed E-state index contributed by atoms with van der Waals surface area (Å²) >= 11 is 11.8. The Morgan fingerprint density at radius 3 is 2.65 bits per heavy atom. The molecular formula is C18H17ClFNOS. The number of benzene rings is 2. The maximum Gasteiger partial charge on any atom is 0.138 e. The van der Waals surface area contributed by atoms with Crippen LogP contribution in [0.15, 0.2) is 42.5 Å². The number of nitrogens with zero attached hydrogens (tertiary/aromatic N) is 1. The number of halogens is 2. The molecular weight excluding hydrogens is 333 g/mol. The zero-order chi connectivity index (χ0) is 16.2. The number of rotatable bonds is 4. The molecule has 23 heavy (non-hydrogen) atoms. The Morgan fingerprint density at radius 1 is 1.17 bits per heavy atom. The lowest BCUT2D eigenvalue weighted by Gasteiger charge is -2.19. The molecule has 1 fully saturated rings. The van der Waals surface area contributed by atoms with Gasteiger partial charge in [0.15, 0.2) is 0 Å². The van der Waals surface area contributed by atoms with Gasteiger partial charge in [0.1, 0.15) is 23.2 Å². The lowest BCUT2D eigenvalue weighted by molar-refractivity contribution is 0.306. The summed E-state index contributed by atoms with van der Waals surface area (Å²) in [6.45, 7) is 2.29. The van der Waals surface area contributed by atoms with Gasteiger partial charge in [-0.2, -0.15) is 0 Å². The van der Waals surface area contributed by atoms with E-state index in [1.807, 2.05) is 24.3 Å². The van der Waals surface area contributed by atoms with Crippen molar-refractivity contribution in [2.24, 2.45) is 0 Å². The Labute approximate surface area is 145 Å². The van der Waals surface area contributed by atoms with Gasteiger partial charge in [0, 0.05) is 18.7 Å². The monoisotopic (exact) mass is 349 g/mol. The molecule has 120 valence electrons. The van der Waals surface area contributed by atoms with Crippen LogP contribution in [0, 0.1) is 5.82 Å². The normalized spacial score (nSPS) is 14.1. The average molecular weight is 350 g/mol. The molecule has 0 unspecified atom stereocenters. The number of thiocarbonyl (C=S) groups is 1. The smallest absolute Gasteiger partial charge is 0.138 e. The van der Waals surface area contributed by atoms with E-state index in [1.54, 1.807) is 6.07 Å². The highest BCUT2D eigenvalue weighted by atomic mass is 35.5. The van der Waals surface area contributed by atoms with E-state index in [0.29, 0.717) is 10.8 Å². The summed E-state index contributed by atoms with van der Waals surface area (Å²) in [5, 5.41) is 0.514. The lowest BCUT2D eigenvalue weighted by Crippen LogP contribution is -2.26. The van der Waals surface area contributed by atoms with Crippen LogP contribution in [0.5, 0.6) is 5.75 Å². The third-order valence-corrected chi connectivity index (χ3v) is 4.64. The third-order valence-electron chi connectivity index (χ3n) is 3.86. The van der Waals surface area contributed by atoms with Gasteiger partial charge in [0.05, 0.1) is 5.02 Å². The van der Waals surface area contributed by atoms with Crippen molar-refractivity contribution < 1.29 is 9.13 Å². The Morgan fingerprint density at radius 2 is 1.96 bits per heavy atom. The predicted molar refractivity (Wildman–Crippen MR) is 94.7 cm³/mol. The topological polar surface area (TPSA) is 12.5 Å². The molecule has 0 amide bonds. The van der Waals surface area contributed by atoms with Crippen LogP contribution in [-0.2, 0) is 6.61 Å². The van der Waals surface area contributed by atoms with Crippen LogP contribution < -0.4 is 4.74 Å². The van der Waals surface area contributed by atoms with E-state index in [2.05, 4.69) is 4.90 Å². The van der Waals surface area contributed by atoms with Crippen molar-refractivity contribution >= 4 is 28.8 Å². The molecule has 1 heterocycles. The number of hydrogen-bond donors (Lipinski definition) is 0. The van der Waals surface area contributed by atoms with Gasteiger partial charge in [-0.1, -0.05) is 36.0 Å². The van der Waals surface area contributed by atoms with Gasteiger partial charge in [-0.05, 0) is 48.7 Å². The highest BCUT2D eigenvalue weighted by Crippen LogP contribution is 2.27. The minimum Gasteiger partial charge on any atom is -0.487 e. The number of likely N-dealkylation sites (tertiary alicyclic amines) is 1. The fourth-order valence-corrected chi connectivity index (χ4v) is 3.19. The standard InChI is InChI=1S/C18H17ClFNOS/c19-16-11-14(18(23)21-8-1-2-9-21)6-7-17(16)22-12-13-4-3-5-15(20)10-13/h3-7,10-11H,1-2,8-9,12H2. The van der Waals surface area contributed by atoms with E-state index >= 15 is 0 Å². The molecule has 0 atom stereocenters. The minimum absolute atomic E-state index is 0.271. The lowest BCUT2D eigenvalue weighted by atomic mass is 10.2. The summed E-state index contributed by atoms with van der Waals surface area (Å²) in [5.74, 6) is 0.299. The van der Waals surface area contributed by atoms with Gasteiger partial charge in [-0.3, -0.25) is 0 Å². The second-order valence-corrected chi connectivity index (χ2v) is 6.36. The van der Waals surface area contributed by atoms with Crippen molar-refractivity contribution in [3.8, 4) is 5.75 Å². The van der Waals surface area contributed by atoms with Crippen molar-refractivity contribution in [1.29, 1.82) is 0 Å². The summed E-state index contributed by atoms with van der Waals surface area (Å²) in [6.07, 6.45) is 2.37. The number of ether oxygens (including phenoxy) is 1. The highest BCUT2D eigenvalue weighted by molar-refractivity contribution is 7.80. The number of hydrogen-bond acceptors (Lipinski definition) is 2. The first kappa shape index (κ1) is 16.2. The molecule has 5 heteroatoms. The highest BCUT2D eigenvalue weighted by Gasteiger charge is 2.17. The molecule has 1 aliphatic rings. The average Bonchev–Trinajstić information content (AvgIpc) is 3.07. The molecule has 2 aromatic carbocycles. The van der Waals surface area contributed by atoms with Crippen LogP contribution in [0.1, 0.15) is 24.0 Å². The predicted octanol–water partition coefficient (Wildman–Crippen LogP) is 4.83. The Hall–Kier alpha value is -1.65. The maximum atomic E-state index is 13.2. The molecule has 2 aromatic rings. The molecule has 1 aliphatic heterocycles. The SMILES string of the molecule is Fc1cccc(COc2ccc(C(=S)N3CCCC3)cc2Cl)c1. The zero-order valence-electron chi connectivity index (χ0n) is 12.6. The molecule has 0 saturated carbocycles. The minimum atomic E-state index is -0.275. The molecule has 1 saturated heterocycles. The summed E-state index contributed by atoms with van der Waals surface area (Å²) in [6, 6.07) is 11.9.